The minimum Gasteiger partial charge on any atom is -0.497 e. The van der Waals surface area contributed by atoms with Crippen LogP contribution < -0.4 is 15.4 Å². The van der Waals surface area contributed by atoms with Crippen LogP contribution in [0.1, 0.15) is 20.3 Å². The number of thioether (sulfide) groups is 1. The molecular formula is C23H25N3O4S. The van der Waals surface area contributed by atoms with E-state index in [0.717, 1.165) is 17.1 Å². The van der Waals surface area contributed by atoms with E-state index in [9.17, 15) is 9.59 Å². The summed E-state index contributed by atoms with van der Waals surface area (Å²) in [5.41, 5.74) is 2.89. The van der Waals surface area contributed by atoms with Gasteiger partial charge in [-0.1, -0.05) is 23.9 Å². The summed E-state index contributed by atoms with van der Waals surface area (Å²) in [7, 11) is 1.59. The average molecular weight is 440 g/mol. The number of anilines is 2. The highest BCUT2D eigenvalue weighted by atomic mass is 32.2. The molecule has 0 spiro atoms. The van der Waals surface area contributed by atoms with Gasteiger partial charge < -0.3 is 20.1 Å². The fraction of sp³-hybridized carbons (Fsp3) is 0.261. The summed E-state index contributed by atoms with van der Waals surface area (Å²) in [5, 5.41) is 6.37. The fourth-order valence-corrected chi connectivity index (χ4v) is 3.75. The molecule has 2 aromatic carbocycles. The summed E-state index contributed by atoms with van der Waals surface area (Å²) in [6.07, 6.45) is 1.88. The predicted octanol–water partition coefficient (Wildman–Crippen LogP) is 4.75. The SMILES string of the molecule is CCOC(=O)CC1=CC(S[C@H](C)C(=O)Nc2ccc(OC)cc2)=Nc2ccccc2N1. The van der Waals surface area contributed by atoms with E-state index in [2.05, 4.69) is 15.6 Å². The second kappa shape index (κ2) is 10.7. The second-order valence-corrected chi connectivity index (χ2v) is 8.08. The van der Waals surface area contributed by atoms with E-state index >= 15 is 0 Å². The molecular weight excluding hydrogens is 414 g/mol. The number of benzene rings is 2. The third-order valence-corrected chi connectivity index (χ3v) is 5.41. The fourth-order valence-electron chi connectivity index (χ4n) is 2.86. The van der Waals surface area contributed by atoms with Crippen molar-refractivity contribution in [3.63, 3.8) is 0 Å². The first-order valence-electron chi connectivity index (χ1n) is 9.91. The highest BCUT2D eigenvalue weighted by molar-refractivity contribution is 8.15. The average Bonchev–Trinajstić information content (AvgIpc) is 2.92. The number of para-hydroxylation sites is 2. The quantitative estimate of drug-likeness (QED) is 0.606. The van der Waals surface area contributed by atoms with Crippen LogP contribution in [0.2, 0.25) is 0 Å². The van der Waals surface area contributed by atoms with Gasteiger partial charge in [-0.25, -0.2) is 4.99 Å². The number of rotatable bonds is 7. The van der Waals surface area contributed by atoms with Crippen molar-refractivity contribution in [1.29, 1.82) is 0 Å². The Balaban J connectivity index is 1.75. The zero-order valence-corrected chi connectivity index (χ0v) is 18.5. The van der Waals surface area contributed by atoms with E-state index in [-0.39, 0.29) is 18.3 Å². The third-order valence-electron chi connectivity index (χ3n) is 4.39. The molecule has 0 radical (unpaired) electrons. The molecule has 162 valence electrons. The van der Waals surface area contributed by atoms with Crippen molar-refractivity contribution in [3.05, 3.63) is 60.3 Å². The maximum Gasteiger partial charge on any atom is 0.311 e. The second-order valence-electron chi connectivity index (χ2n) is 6.72. The van der Waals surface area contributed by atoms with Gasteiger partial charge in [0.15, 0.2) is 0 Å². The number of nitrogens with one attached hydrogen (secondary N) is 2. The van der Waals surface area contributed by atoms with E-state index in [1.165, 1.54) is 11.8 Å². The number of hydrogen-bond acceptors (Lipinski definition) is 7. The minimum absolute atomic E-state index is 0.0914. The van der Waals surface area contributed by atoms with Gasteiger partial charge in [0.05, 0.1) is 41.8 Å². The van der Waals surface area contributed by atoms with Crippen molar-refractivity contribution >= 4 is 45.7 Å². The Morgan fingerprint density at radius 2 is 1.90 bits per heavy atom. The van der Waals surface area contributed by atoms with Crippen molar-refractivity contribution < 1.29 is 19.1 Å². The predicted molar refractivity (Wildman–Crippen MR) is 125 cm³/mol. The van der Waals surface area contributed by atoms with Crippen LogP contribution in [-0.4, -0.2) is 35.9 Å². The summed E-state index contributed by atoms with van der Waals surface area (Å²) in [5.74, 6) is 0.248. The standard InChI is InChI=1S/C23H25N3O4S/c1-4-30-22(27)14-17-13-21(26-20-8-6-5-7-19(20)24-17)31-15(2)23(28)25-16-9-11-18(29-3)12-10-16/h5-13,15,24H,4,14H2,1-3H3,(H,25,28)/t15-/m1/s1. The summed E-state index contributed by atoms with van der Waals surface area (Å²) < 4.78 is 10.2. The number of esters is 1. The molecule has 0 saturated carbocycles. The van der Waals surface area contributed by atoms with E-state index in [4.69, 9.17) is 9.47 Å². The van der Waals surface area contributed by atoms with Crippen LogP contribution in [0.25, 0.3) is 0 Å². The van der Waals surface area contributed by atoms with Gasteiger partial charge in [0.2, 0.25) is 5.91 Å². The van der Waals surface area contributed by atoms with Crippen LogP contribution in [-0.2, 0) is 14.3 Å². The molecule has 1 atom stereocenters. The number of ether oxygens (including phenoxy) is 2. The van der Waals surface area contributed by atoms with Crippen molar-refractivity contribution in [3.8, 4) is 5.75 Å². The zero-order chi connectivity index (χ0) is 22.2. The van der Waals surface area contributed by atoms with Gasteiger partial charge in [-0.3, -0.25) is 9.59 Å². The molecule has 1 heterocycles. The summed E-state index contributed by atoms with van der Waals surface area (Å²) >= 11 is 1.32. The van der Waals surface area contributed by atoms with Crippen molar-refractivity contribution in [2.45, 2.75) is 25.5 Å². The first kappa shape index (κ1) is 22.4. The van der Waals surface area contributed by atoms with Gasteiger partial charge in [0.1, 0.15) is 5.75 Å². The van der Waals surface area contributed by atoms with E-state index < -0.39 is 5.25 Å². The molecule has 0 aliphatic carbocycles. The van der Waals surface area contributed by atoms with Gasteiger partial charge in [-0.2, -0.15) is 0 Å². The molecule has 3 rings (SSSR count). The van der Waals surface area contributed by atoms with Crippen LogP contribution in [0, 0.1) is 0 Å². The summed E-state index contributed by atoms with van der Waals surface area (Å²) in [6.45, 7) is 3.91. The molecule has 2 aromatic rings. The smallest absolute Gasteiger partial charge is 0.311 e. The van der Waals surface area contributed by atoms with Crippen LogP contribution in [0.15, 0.2) is 65.3 Å². The highest BCUT2D eigenvalue weighted by Gasteiger charge is 2.20. The molecule has 0 aromatic heterocycles. The lowest BCUT2D eigenvalue weighted by Gasteiger charge is -2.12. The largest absolute Gasteiger partial charge is 0.497 e. The van der Waals surface area contributed by atoms with Crippen LogP contribution >= 0.6 is 11.8 Å². The molecule has 2 N–H and O–H groups in total. The molecule has 1 aliphatic heterocycles. The molecule has 31 heavy (non-hydrogen) atoms. The highest BCUT2D eigenvalue weighted by Crippen LogP contribution is 2.32. The number of methoxy groups -OCH3 is 1. The molecule has 0 bridgehead atoms. The number of aliphatic imine (C=N–C) groups is 1. The van der Waals surface area contributed by atoms with Crippen molar-refractivity contribution in [1.82, 2.24) is 0 Å². The van der Waals surface area contributed by atoms with Gasteiger partial charge >= 0.3 is 5.97 Å². The van der Waals surface area contributed by atoms with Gasteiger partial charge in [0, 0.05) is 11.4 Å². The van der Waals surface area contributed by atoms with Gasteiger partial charge in [0.25, 0.3) is 0 Å². The van der Waals surface area contributed by atoms with E-state index in [0.29, 0.717) is 23.0 Å². The molecule has 0 saturated heterocycles. The van der Waals surface area contributed by atoms with Crippen LogP contribution in [0.3, 0.4) is 0 Å². The number of fused-ring (bicyclic) bond motifs is 1. The topological polar surface area (TPSA) is 89.0 Å². The summed E-state index contributed by atoms with van der Waals surface area (Å²) in [6, 6.07) is 14.7. The normalized spacial score (nSPS) is 13.5. The Kier molecular flexibility index (Phi) is 7.72. The Hall–Kier alpha value is -3.26. The van der Waals surface area contributed by atoms with Crippen molar-refractivity contribution in [2.24, 2.45) is 4.99 Å². The molecule has 0 fully saturated rings. The first-order valence-corrected chi connectivity index (χ1v) is 10.8. The van der Waals surface area contributed by atoms with Gasteiger partial charge in [-0.05, 0) is 56.3 Å². The lowest BCUT2D eigenvalue weighted by Crippen LogP contribution is -2.23. The van der Waals surface area contributed by atoms with Crippen LogP contribution in [0.4, 0.5) is 17.1 Å². The van der Waals surface area contributed by atoms with E-state index in [1.807, 2.05) is 31.2 Å². The number of amides is 1. The number of carbonyl (C=O) groups excluding carboxylic acids is 2. The molecule has 1 amide bonds. The summed E-state index contributed by atoms with van der Waals surface area (Å²) in [4.78, 5) is 29.4. The van der Waals surface area contributed by atoms with E-state index in [1.54, 1.807) is 44.4 Å². The lowest BCUT2D eigenvalue weighted by atomic mass is 10.2. The number of nitrogens with zero attached hydrogens (tertiary/aromatic N) is 1. The third kappa shape index (κ3) is 6.36. The molecule has 7 nitrogen and oxygen atoms in total. The Morgan fingerprint density at radius 3 is 2.61 bits per heavy atom. The molecule has 8 heteroatoms. The van der Waals surface area contributed by atoms with Crippen LogP contribution in [0.5, 0.6) is 5.75 Å². The van der Waals surface area contributed by atoms with Crippen molar-refractivity contribution in [2.75, 3.05) is 24.4 Å². The first-order chi connectivity index (χ1) is 15.0. The minimum atomic E-state index is -0.411. The maximum atomic E-state index is 12.7. The molecule has 1 aliphatic rings. The Labute approximate surface area is 185 Å². The monoisotopic (exact) mass is 439 g/mol. The Bertz CT molecular complexity index is 1000. The number of hydrogen-bond donors (Lipinski definition) is 2. The molecule has 0 unspecified atom stereocenters. The Morgan fingerprint density at radius 1 is 1.16 bits per heavy atom. The van der Waals surface area contributed by atoms with Gasteiger partial charge in [-0.15, -0.1) is 0 Å². The maximum absolute atomic E-state index is 12.7. The lowest BCUT2D eigenvalue weighted by molar-refractivity contribution is -0.142. The number of carbonyl (C=O) groups is 2. The zero-order valence-electron chi connectivity index (χ0n) is 17.7.